The average Bonchev–Trinajstić information content (AvgIpc) is 3.69. The van der Waals surface area contributed by atoms with Gasteiger partial charge in [-0.25, -0.2) is 0 Å². The first-order valence-corrected chi connectivity index (χ1v) is 16.3. The van der Waals surface area contributed by atoms with Crippen molar-refractivity contribution >= 4 is 43.6 Å². The molecule has 0 fully saturated rings. The van der Waals surface area contributed by atoms with E-state index in [1.165, 1.54) is 10.8 Å². The molecule has 0 aliphatic carbocycles. The van der Waals surface area contributed by atoms with Crippen LogP contribution in [0.4, 0.5) is 0 Å². The minimum absolute atomic E-state index is 0.491. The molecule has 0 amide bonds. The largest absolute Gasteiger partial charge is 0.309 e. The lowest BCUT2D eigenvalue weighted by Gasteiger charge is -2.19. The quantitative estimate of drug-likeness (QED) is 0.193. The highest BCUT2D eigenvalue weighted by atomic mass is 15.0. The van der Waals surface area contributed by atoms with Crippen LogP contribution in [0.2, 0.25) is 0 Å². The number of hydrogen-bond acceptors (Lipinski definition) is 3. The van der Waals surface area contributed by atoms with Crippen molar-refractivity contribution in [3.63, 3.8) is 0 Å². The van der Waals surface area contributed by atoms with Crippen molar-refractivity contribution in [1.29, 1.82) is 15.8 Å². The van der Waals surface area contributed by atoms with E-state index in [2.05, 4.69) is 88.0 Å². The van der Waals surface area contributed by atoms with Crippen LogP contribution in [0.15, 0.2) is 152 Å². The van der Waals surface area contributed by atoms with Crippen LogP contribution in [0.5, 0.6) is 0 Å². The number of fused-ring (bicyclic) bond motifs is 6. The third-order valence-corrected chi connectivity index (χ3v) is 9.65. The lowest BCUT2D eigenvalue weighted by atomic mass is 9.89. The number of benzene rings is 7. The second-order valence-electron chi connectivity index (χ2n) is 12.3. The van der Waals surface area contributed by atoms with Crippen molar-refractivity contribution < 1.29 is 0 Å². The Balaban J connectivity index is 1.33. The first-order valence-electron chi connectivity index (χ1n) is 16.3. The number of nitriles is 3. The van der Waals surface area contributed by atoms with Gasteiger partial charge >= 0.3 is 0 Å². The summed E-state index contributed by atoms with van der Waals surface area (Å²) in [7, 11) is 0. The van der Waals surface area contributed by atoms with Crippen LogP contribution in [0, 0.1) is 34.0 Å². The Kier molecular flexibility index (Phi) is 6.56. The molecule has 2 aromatic heterocycles. The zero-order chi connectivity index (χ0) is 33.8. The maximum Gasteiger partial charge on any atom is 0.102 e. The number of hydrogen-bond donors (Lipinski definition) is 0. The number of para-hydroxylation sites is 4. The fourth-order valence-corrected chi connectivity index (χ4v) is 7.52. The highest BCUT2D eigenvalue weighted by molar-refractivity contribution is 6.11. The topological polar surface area (TPSA) is 81.2 Å². The first kappa shape index (κ1) is 28.8. The molecule has 0 bridgehead atoms. The minimum atomic E-state index is 0.491. The maximum atomic E-state index is 10.9. The molecule has 9 rings (SSSR count). The molecule has 0 N–H and O–H groups in total. The van der Waals surface area contributed by atoms with Gasteiger partial charge < -0.3 is 9.13 Å². The van der Waals surface area contributed by atoms with Gasteiger partial charge in [-0.15, -0.1) is 0 Å². The van der Waals surface area contributed by atoms with Gasteiger partial charge in [-0.1, -0.05) is 91.0 Å². The van der Waals surface area contributed by atoms with Gasteiger partial charge in [0, 0.05) is 32.7 Å². The summed E-state index contributed by atoms with van der Waals surface area (Å²) in [5.74, 6) is 0. The molecule has 7 aromatic carbocycles. The normalized spacial score (nSPS) is 11.1. The van der Waals surface area contributed by atoms with Crippen LogP contribution in [-0.2, 0) is 0 Å². The Morgan fingerprint density at radius 1 is 0.340 bits per heavy atom. The van der Waals surface area contributed by atoms with E-state index in [1.807, 2.05) is 91.0 Å². The Morgan fingerprint density at radius 2 is 0.840 bits per heavy atom. The summed E-state index contributed by atoms with van der Waals surface area (Å²) in [6.45, 7) is 0. The van der Waals surface area contributed by atoms with E-state index in [9.17, 15) is 15.8 Å². The first-order chi connectivity index (χ1) is 24.7. The van der Waals surface area contributed by atoms with Gasteiger partial charge in [0.2, 0.25) is 0 Å². The summed E-state index contributed by atoms with van der Waals surface area (Å²) >= 11 is 0. The standard InChI is InChI=1S/C45H25N5/c46-26-29-20-22-32(33-10-1-5-15-40(33)49-41-16-6-2-11-34(41)35-12-3-7-17-42(35)49)37(24-29)31-14-9-19-44(39(31)28-48)50-43-18-8-4-13-36(43)38-25-30(27-47)21-23-45(38)50/h1-25H. The Bertz CT molecular complexity index is 2920. The highest BCUT2D eigenvalue weighted by Crippen LogP contribution is 2.42. The molecule has 0 saturated carbocycles. The van der Waals surface area contributed by atoms with Crippen LogP contribution in [-0.4, -0.2) is 9.13 Å². The van der Waals surface area contributed by atoms with E-state index in [-0.39, 0.29) is 0 Å². The SMILES string of the molecule is N#Cc1ccc(-c2ccccc2-n2c3ccccc3c3ccccc32)c(-c2cccc(-n3c4ccccc4c4cc(C#N)ccc43)c2C#N)c1. The van der Waals surface area contributed by atoms with Crippen LogP contribution in [0.1, 0.15) is 16.7 Å². The third kappa shape index (κ3) is 4.24. The summed E-state index contributed by atoms with van der Waals surface area (Å²) in [4.78, 5) is 0. The summed E-state index contributed by atoms with van der Waals surface area (Å²) in [6.07, 6.45) is 0. The number of aromatic nitrogens is 2. The van der Waals surface area contributed by atoms with Crippen LogP contribution in [0.3, 0.4) is 0 Å². The molecule has 50 heavy (non-hydrogen) atoms. The van der Waals surface area contributed by atoms with Gasteiger partial charge in [-0.2, -0.15) is 15.8 Å². The second-order valence-corrected chi connectivity index (χ2v) is 12.3. The zero-order valence-corrected chi connectivity index (χ0v) is 26.7. The summed E-state index contributed by atoms with van der Waals surface area (Å²) in [5.41, 5.74) is 10.8. The molecular formula is C45H25N5. The molecule has 0 aliphatic heterocycles. The van der Waals surface area contributed by atoms with Gasteiger partial charge in [0.25, 0.3) is 0 Å². The van der Waals surface area contributed by atoms with E-state index >= 15 is 0 Å². The molecule has 5 nitrogen and oxygen atoms in total. The molecule has 230 valence electrons. The summed E-state index contributed by atoms with van der Waals surface area (Å²) in [5, 5.41) is 35.0. The van der Waals surface area contributed by atoms with Crippen LogP contribution < -0.4 is 0 Å². The molecule has 0 unspecified atom stereocenters. The van der Waals surface area contributed by atoms with Gasteiger partial charge in [0.05, 0.1) is 62.3 Å². The van der Waals surface area contributed by atoms with Gasteiger partial charge in [0.15, 0.2) is 0 Å². The predicted molar refractivity (Wildman–Crippen MR) is 200 cm³/mol. The van der Waals surface area contributed by atoms with Crippen LogP contribution in [0.25, 0.3) is 77.2 Å². The van der Waals surface area contributed by atoms with Gasteiger partial charge in [0.1, 0.15) is 6.07 Å². The highest BCUT2D eigenvalue weighted by Gasteiger charge is 2.22. The monoisotopic (exact) mass is 635 g/mol. The Hall–Kier alpha value is -7.39. The van der Waals surface area contributed by atoms with Crippen molar-refractivity contribution in [3.8, 4) is 51.8 Å². The second kappa shape index (κ2) is 11.4. The number of rotatable bonds is 4. The zero-order valence-electron chi connectivity index (χ0n) is 26.7. The van der Waals surface area contributed by atoms with E-state index in [4.69, 9.17) is 0 Å². The van der Waals surface area contributed by atoms with Crippen LogP contribution >= 0.6 is 0 Å². The molecule has 0 saturated heterocycles. The Labute approximate surface area is 287 Å². The molecule has 0 atom stereocenters. The predicted octanol–water partition coefficient (Wildman–Crippen LogP) is 10.8. The minimum Gasteiger partial charge on any atom is -0.309 e. The fourth-order valence-electron chi connectivity index (χ4n) is 7.52. The summed E-state index contributed by atoms with van der Waals surface area (Å²) in [6, 6.07) is 57.7. The molecule has 0 aliphatic rings. The van der Waals surface area contributed by atoms with E-state index < -0.39 is 0 Å². The van der Waals surface area contributed by atoms with Crippen molar-refractivity contribution in [2.24, 2.45) is 0 Å². The van der Waals surface area contributed by atoms with Crippen molar-refractivity contribution in [3.05, 3.63) is 168 Å². The average molecular weight is 636 g/mol. The van der Waals surface area contributed by atoms with E-state index in [0.29, 0.717) is 16.7 Å². The molecule has 2 heterocycles. The molecule has 9 aromatic rings. The van der Waals surface area contributed by atoms with Crippen molar-refractivity contribution in [2.45, 2.75) is 0 Å². The maximum absolute atomic E-state index is 10.9. The van der Waals surface area contributed by atoms with Crippen molar-refractivity contribution in [2.75, 3.05) is 0 Å². The van der Waals surface area contributed by atoms with Gasteiger partial charge in [-0.3, -0.25) is 0 Å². The third-order valence-electron chi connectivity index (χ3n) is 9.65. The molecule has 5 heteroatoms. The molecule has 0 radical (unpaired) electrons. The van der Waals surface area contributed by atoms with Crippen molar-refractivity contribution in [1.82, 2.24) is 9.13 Å². The number of nitrogens with zero attached hydrogens (tertiary/aromatic N) is 5. The summed E-state index contributed by atoms with van der Waals surface area (Å²) < 4.78 is 4.41. The van der Waals surface area contributed by atoms with E-state index in [1.54, 1.807) is 0 Å². The molecule has 0 spiro atoms. The lowest BCUT2D eigenvalue weighted by molar-refractivity contribution is 1.17. The van der Waals surface area contributed by atoms with Gasteiger partial charge in [-0.05, 0) is 71.8 Å². The van der Waals surface area contributed by atoms with E-state index in [0.717, 1.165) is 66.5 Å². The smallest absolute Gasteiger partial charge is 0.102 e. The Morgan fingerprint density at radius 3 is 1.50 bits per heavy atom. The molecular weight excluding hydrogens is 611 g/mol. The fraction of sp³-hybridized carbons (Fsp3) is 0. The lowest BCUT2D eigenvalue weighted by Crippen LogP contribution is -2.01.